The van der Waals surface area contributed by atoms with Crippen LogP contribution in [0.5, 0.6) is 0 Å². The number of hydrogen-bond donors (Lipinski definition) is 1. The van der Waals surface area contributed by atoms with Crippen LogP contribution in [0.4, 0.5) is 15.9 Å². The van der Waals surface area contributed by atoms with E-state index >= 15 is 0 Å². The summed E-state index contributed by atoms with van der Waals surface area (Å²) in [5.74, 6) is -0.490. The molecule has 4 nitrogen and oxygen atoms in total. The molecule has 1 aromatic heterocycles. The first kappa shape index (κ1) is 13.7. The second kappa shape index (κ2) is 6.45. The Hall–Kier alpha value is -1.72. The fourth-order valence-electron chi connectivity index (χ4n) is 1.63. The van der Waals surface area contributed by atoms with Crippen molar-refractivity contribution in [3.05, 3.63) is 47.1 Å². The highest BCUT2D eigenvalue weighted by molar-refractivity contribution is 6.28. The number of halogens is 2. The van der Waals surface area contributed by atoms with Gasteiger partial charge < -0.3 is 10.1 Å². The normalized spacial score (nSPS) is 10.5. The lowest BCUT2D eigenvalue weighted by Crippen LogP contribution is -2.03. The summed E-state index contributed by atoms with van der Waals surface area (Å²) in [6, 6.07) is 7.57. The lowest BCUT2D eigenvalue weighted by Gasteiger charge is -2.11. The number of hydrogen-bond acceptors (Lipinski definition) is 4. The number of ether oxygens (including phenoxy) is 1. The van der Waals surface area contributed by atoms with Gasteiger partial charge in [0.25, 0.3) is 0 Å². The standard InChI is InChI=1S/C13H13ClFN3O/c1-19-7-6-9-4-2-3-5-11(9)17-12-10(15)8-16-13(14)18-12/h2-5,8H,6-7H2,1H3,(H,16,17,18). The molecule has 2 aromatic rings. The molecule has 0 atom stereocenters. The van der Waals surface area contributed by atoms with E-state index in [4.69, 9.17) is 16.3 Å². The van der Waals surface area contributed by atoms with Gasteiger partial charge in [-0.1, -0.05) is 18.2 Å². The molecule has 0 aliphatic heterocycles. The summed E-state index contributed by atoms with van der Waals surface area (Å²) in [6.45, 7) is 0.589. The average molecular weight is 282 g/mol. The Bertz CT molecular complexity index is 565. The fourth-order valence-corrected chi connectivity index (χ4v) is 1.77. The van der Waals surface area contributed by atoms with Crippen LogP contribution < -0.4 is 5.32 Å². The van der Waals surface area contributed by atoms with Crippen LogP contribution in [-0.2, 0) is 11.2 Å². The van der Waals surface area contributed by atoms with Crippen molar-refractivity contribution in [2.24, 2.45) is 0 Å². The average Bonchev–Trinajstić information content (AvgIpc) is 2.42. The van der Waals surface area contributed by atoms with Crippen LogP contribution in [0.1, 0.15) is 5.56 Å². The number of anilines is 2. The van der Waals surface area contributed by atoms with Crippen molar-refractivity contribution in [2.75, 3.05) is 19.0 Å². The van der Waals surface area contributed by atoms with Gasteiger partial charge in [-0.15, -0.1) is 0 Å². The van der Waals surface area contributed by atoms with Gasteiger partial charge >= 0.3 is 0 Å². The molecular formula is C13H13ClFN3O. The summed E-state index contributed by atoms with van der Waals surface area (Å²) in [7, 11) is 1.64. The van der Waals surface area contributed by atoms with Gasteiger partial charge in [0.15, 0.2) is 11.6 Å². The Morgan fingerprint density at radius 1 is 1.37 bits per heavy atom. The summed E-state index contributed by atoms with van der Waals surface area (Å²) in [5.41, 5.74) is 1.78. The Labute approximate surface area is 115 Å². The van der Waals surface area contributed by atoms with Crippen molar-refractivity contribution >= 4 is 23.1 Å². The van der Waals surface area contributed by atoms with Gasteiger partial charge in [0.2, 0.25) is 5.28 Å². The molecule has 19 heavy (non-hydrogen) atoms. The predicted octanol–water partition coefficient (Wildman–Crippen LogP) is 3.20. The van der Waals surface area contributed by atoms with Crippen LogP contribution in [0.2, 0.25) is 5.28 Å². The summed E-state index contributed by atoms with van der Waals surface area (Å²) < 4.78 is 18.6. The number of rotatable bonds is 5. The molecular weight excluding hydrogens is 269 g/mol. The zero-order valence-electron chi connectivity index (χ0n) is 10.4. The van der Waals surface area contributed by atoms with Gasteiger partial charge in [-0.2, -0.15) is 4.98 Å². The van der Waals surface area contributed by atoms with E-state index in [1.807, 2.05) is 24.3 Å². The smallest absolute Gasteiger partial charge is 0.224 e. The number of benzene rings is 1. The molecule has 1 N–H and O–H groups in total. The van der Waals surface area contributed by atoms with Crippen molar-refractivity contribution in [1.29, 1.82) is 0 Å². The summed E-state index contributed by atoms with van der Waals surface area (Å²) in [5, 5.41) is 2.92. The van der Waals surface area contributed by atoms with Crippen LogP contribution in [-0.4, -0.2) is 23.7 Å². The molecule has 0 saturated heterocycles. The highest BCUT2D eigenvalue weighted by atomic mass is 35.5. The zero-order chi connectivity index (χ0) is 13.7. The number of aromatic nitrogens is 2. The monoisotopic (exact) mass is 281 g/mol. The molecule has 1 heterocycles. The summed E-state index contributed by atoms with van der Waals surface area (Å²) in [6.07, 6.45) is 1.76. The number of methoxy groups -OCH3 is 1. The first-order valence-corrected chi connectivity index (χ1v) is 6.10. The van der Waals surface area contributed by atoms with Crippen LogP contribution in [0.3, 0.4) is 0 Å². The zero-order valence-corrected chi connectivity index (χ0v) is 11.1. The Morgan fingerprint density at radius 3 is 2.95 bits per heavy atom. The van der Waals surface area contributed by atoms with E-state index in [1.54, 1.807) is 7.11 Å². The lowest BCUT2D eigenvalue weighted by molar-refractivity contribution is 0.202. The molecule has 100 valence electrons. The van der Waals surface area contributed by atoms with E-state index < -0.39 is 5.82 Å². The second-order valence-corrected chi connectivity index (χ2v) is 4.20. The van der Waals surface area contributed by atoms with Gasteiger partial charge in [-0.05, 0) is 29.7 Å². The number of nitrogens with zero attached hydrogens (tertiary/aromatic N) is 2. The maximum absolute atomic E-state index is 13.6. The molecule has 0 aliphatic rings. The molecule has 0 unspecified atom stereocenters. The third kappa shape index (κ3) is 3.62. The van der Waals surface area contributed by atoms with Gasteiger partial charge in [0, 0.05) is 12.8 Å². The SMILES string of the molecule is COCCc1ccccc1Nc1nc(Cl)ncc1F. The number of nitrogens with one attached hydrogen (secondary N) is 1. The second-order valence-electron chi connectivity index (χ2n) is 3.86. The molecule has 0 aliphatic carbocycles. The Morgan fingerprint density at radius 2 is 2.16 bits per heavy atom. The molecule has 6 heteroatoms. The highest BCUT2D eigenvalue weighted by Crippen LogP contribution is 2.22. The topological polar surface area (TPSA) is 47.0 Å². The predicted molar refractivity (Wildman–Crippen MR) is 72.3 cm³/mol. The van der Waals surface area contributed by atoms with Crippen LogP contribution >= 0.6 is 11.6 Å². The minimum Gasteiger partial charge on any atom is -0.384 e. The third-order valence-corrected chi connectivity index (χ3v) is 2.74. The quantitative estimate of drug-likeness (QED) is 0.855. The molecule has 0 fully saturated rings. The Balaban J connectivity index is 2.25. The molecule has 0 bridgehead atoms. The summed E-state index contributed by atoms with van der Waals surface area (Å²) >= 11 is 5.66. The van der Waals surface area contributed by atoms with E-state index in [9.17, 15) is 4.39 Å². The van der Waals surface area contributed by atoms with E-state index in [2.05, 4.69) is 15.3 Å². The van der Waals surface area contributed by atoms with Gasteiger partial charge in [0.05, 0.1) is 12.8 Å². The number of para-hydroxylation sites is 1. The van der Waals surface area contributed by atoms with E-state index in [1.165, 1.54) is 0 Å². The van der Waals surface area contributed by atoms with Crippen molar-refractivity contribution in [3.8, 4) is 0 Å². The third-order valence-electron chi connectivity index (χ3n) is 2.56. The van der Waals surface area contributed by atoms with Crippen LogP contribution in [0.15, 0.2) is 30.5 Å². The molecule has 1 aromatic carbocycles. The first-order valence-electron chi connectivity index (χ1n) is 5.72. The van der Waals surface area contributed by atoms with E-state index in [0.717, 1.165) is 23.9 Å². The first-order chi connectivity index (χ1) is 9.20. The van der Waals surface area contributed by atoms with Crippen LogP contribution in [0.25, 0.3) is 0 Å². The molecule has 0 radical (unpaired) electrons. The maximum atomic E-state index is 13.6. The minimum absolute atomic E-state index is 0.00160. The molecule has 0 saturated carbocycles. The van der Waals surface area contributed by atoms with Crippen molar-refractivity contribution in [1.82, 2.24) is 9.97 Å². The van der Waals surface area contributed by atoms with E-state index in [0.29, 0.717) is 6.61 Å². The lowest BCUT2D eigenvalue weighted by atomic mass is 10.1. The van der Waals surface area contributed by atoms with Gasteiger partial charge in [-0.25, -0.2) is 9.37 Å². The molecule has 0 amide bonds. The van der Waals surface area contributed by atoms with Crippen molar-refractivity contribution in [2.45, 2.75) is 6.42 Å². The molecule has 0 spiro atoms. The van der Waals surface area contributed by atoms with Gasteiger partial charge in [0.1, 0.15) is 0 Å². The van der Waals surface area contributed by atoms with Crippen molar-refractivity contribution < 1.29 is 9.13 Å². The largest absolute Gasteiger partial charge is 0.384 e. The van der Waals surface area contributed by atoms with Crippen molar-refractivity contribution in [3.63, 3.8) is 0 Å². The molecule has 2 rings (SSSR count). The maximum Gasteiger partial charge on any atom is 0.224 e. The van der Waals surface area contributed by atoms with Crippen LogP contribution in [0, 0.1) is 5.82 Å². The highest BCUT2D eigenvalue weighted by Gasteiger charge is 2.08. The fraction of sp³-hybridized carbons (Fsp3) is 0.231. The Kier molecular flexibility index (Phi) is 4.65. The van der Waals surface area contributed by atoms with E-state index in [-0.39, 0.29) is 11.1 Å². The summed E-state index contributed by atoms with van der Waals surface area (Å²) in [4.78, 5) is 7.40. The minimum atomic E-state index is -0.550. The van der Waals surface area contributed by atoms with Gasteiger partial charge in [-0.3, -0.25) is 0 Å².